The highest BCUT2D eigenvalue weighted by Gasteiger charge is 2.12. The lowest BCUT2D eigenvalue weighted by atomic mass is 10.3. The summed E-state index contributed by atoms with van der Waals surface area (Å²) in [5.74, 6) is 0. The lowest BCUT2D eigenvalue weighted by molar-refractivity contribution is 0.602. The van der Waals surface area contributed by atoms with Crippen molar-refractivity contribution in [1.82, 2.24) is 9.97 Å². The van der Waals surface area contributed by atoms with Crippen LogP contribution in [0.5, 0.6) is 0 Å². The maximum Gasteiger partial charge on any atom is 0.177 e. The molecule has 1 aromatic carbocycles. The fraction of sp³-hybridized carbons (Fsp3) is 0.111. The van der Waals surface area contributed by atoms with Crippen LogP contribution in [0.1, 0.15) is 0 Å². The number of fused-ring (bicyclic) bond motifs is 1. The van der Waals surface area contributed by atoms with Gasteiger partial charge >= 0.3 is 0 Å². The number of hydrogen-bond acceptors (Lipinski definition) is 4. The van der Waals surface area contributed by atoms with Gasteiger partial charge in [0.1, 0.15) is 5.52 Å². The standard InChI is InChI=1S/C9H8N2O2S/c1-14(12,13)8-4-2-3-7-9(8)11-6-5-10-7/h2-6H,1H3. The Balaban J connectivity index is 2.92. The first-order chi connectivity index (χ1) is 6.59. The molecule has 0 spiro atoms. The van der Waals surface area contributed by atoms with E-state index < -0.39 is 9.84 Å². The molecule has 14 heavy (non-hydrogen) atoms. The number of aromatic nitrogens is 2. The molecule has 0 radical (unpaired) electrons. The fourth-order valence-electron chi connectivity index (χ4n) is 1.27. The predicted octanol–water partition coefficient (Wildman–Crippen LogP) is 1.03. The van der Waals surface area contributed by atoms with E-state index in [0.29, 0.717) is 11.0 Å². The Labute approximate surface area is 81.5 Å². The van der Waals surface area contributed by atoms with Gasteiger partial charge < -0.3 is 0 Å². The maximum atomic E-state index is 11.4. The average Bonchev–Trinajstić information content (AvgIpc) is 2.15. The molecule has 0 N–H and O–H groups in total. The van der Waals surface area contributed by atoms with Gasteiger partial charge in [-0.05, 0) is 12.1 Å². The van der Waals surface area contributed by atoms with Crippen molar-refractivity contribution in [1.29, 1.82) is 0 Å². The second-order valence-corrected chi connectivity index (χ2v) is 4.94. The van der Waals surface area contributed by atoms with Crippen molar-refractivity contribution >= 4 is 20.9 Å². The van der Waals surface area contributed by atoms with Crippen LogP contribution in [-0.4, -0.2) is 24.6 Å². The largest absolute Gasteiger partial charge is 0.253 e. The number of nitrogens with zero attached hydrogens (tertiary/aromatic N) is 2. The minimum atomic E-state index is -3.23. The van der Waals surface area contributed by atoms with E-state index in [1.807, 2.05) is 0 Å². The van der Waals surface area contributed by atoms with Crippen molar-refractivity contribution in [2.45, 2.75) is 4.90 Å². The monoisotopic (exact) mass is 208 g/mol. The SMILES string of the molecule is CS(=O)(=O)c1cccc2nccnc12. The minimum Gasteiger partial charge on any atom is -0.253 e. The van der Waals surface area contributed by atoms with Gasteiger partial charge in [-0.2, -0.15) is 0 Å². The summed E-state index contributed by atoms with van der Waals surface area (Å²) >= 11 is 0. The van der Waals surface area contributed by atoms with Gasteiger partial charge in [0.15, 0.2) is 9.84 Å². The number of para-hydroxylation sites is 1. The number of sulfone groups is 1. The summed E-state index contributed by atoms with van der Waals surface area (Å²) in [5.41, 5.74) is 1.02. The van der Waals surface area contributed by atoms with Crippen LogP contribution < -0.4 is 0 Å². The average molecular weight is 208 g/mol. The Morgan fingerprint density at radius 3 is 2.57 bits per heavy atom. The molecule has 0 saturated heterocycles. The molecule has 0 saturated carbocycles. The lowest BCUT2D eigenvalue weighted by Crippen LogP contribution is -1.99. The normalized spacial score (nSPS) is 11.8. The highest BCUT2D eigenvalue weighted by atomic mass is 32.2. The van der Waals surface area contributed by atoms with E-state index in [2.05, 4.69) is 9.97 Å². The van der Waals surface area contributed by atoms with Crippen LogP contribution in [0, 0.1) is 0 Å². The van der Waals surface area contributed by atoms with Gasteiger partial charge in [-0.1, -0.05) is 6.07 Å². The molecular weight excluding hydrogens is 200 g/mol. The molecule has 2 aromatic rings. The van der Waals surface area contributed by atoms with Gasteiger partial charge in [-0.25, -0.2) is 8.42 Å². The van der Waals surface area contributed by atoms with Crippen molar-refractivity contribution in [3.05, 3.63) is 30.6 Å². The molecule has 0 fully saturated rings. The van der Waals surface area contributed by atoms with Gasteiger partial charge in [0, 0.05) is 18.6 Å². The molecule has 72 valence electrons. The molecule has 1 heterocycles. The van der Waals surface area contributed by atoms with E-state index >= 15 is 0 Å². The first-order valence-electron chi connectivity index (χ1n) is 3.99. The van der Waals surface area contributed by atoms with Gasteiger partial charge in [0.2, 0.25) is 0 Å². The van der Waals surface area contributed by atoms with Crippen LogP contribution in [0.4, 0.5) is 0 Å². The van der Waals surface area contributed by atoms with Crippen molar-refractivity contribution in [2.75, 3.05) is 6.26 Å². The molecule has 1 aromatic heterocycles. The van der Waals surface area contributed by atoms with E-state index in [-0.39, 0.29) is 4.90 Å². The third-order valence-electron chi connectivity index (χ3n) is 1.86. The minimum absolute atomic E-state index is 0.225. The summed E-state index contributed by atoms with van der Waals surface area (Å²) < 4.78 is 22.8. The van der Waals surface area contributed by atoms with Crippen LogP contribution >= 0.6 is 0 Å². The Morgan fingerprint density at radius 1 is 1.14 bits per heavy atom. The molecule has 0 atom stereocenters. The molecule has 4 nitrogen and oxygen atoms in total. The molecule has 0 aliphatic carbocycles. The van der Waals surface area contributed by atoms with Gasteiger partial charge in [0.25, 0.3) is 0 Å². The molecule has 0 aliphatic rings. The smallest absolute Gasteiger partial charge is 0.177 e. The molecule has 0 bridgehead atoms. The quantitative estimate of drug-likeness (QED) is 0.702. The Bertz CT molecular complexity index is 573. The highest BCUT2D eigenvalue weighted by molar-refractivity contribution is 7.91. The summed E-state index contributed by atoms with van der Waals surface area (Å²) in [6.45, 7) is 0. The topological polar surface area (TPSA) is 59.9 Å². The number of benzene rings is 1. The maximum absolute atomic E-state index is 11.4. The zero-order chi connectivity index (χ0) is 10.2. The van der Waals surface area contributed by atoms with E-state index in [4.69, 9.17) is 0 Å². The van der Waals surface area contributed by atoms with Gasteiger partial charge in [-0.3, -0.25) is 9.97 Å². The van der Waals surface area contributed by atoms with Crippen LogP contribution in [0.2, 0.25) is 0 Å². The Kier molecular flexibility index (Phi) is 1.96. The third-order valence-corrected chi connectivity index (χ3v) is 2.99. The van der Waals surface area contributed by atoms with Crippen molar-refractivity contribution in [3.63, 3.8) is 0 Å². The van der Waals surface area contributed by atoms with Crippen molar-refractivity contribution < 1.29 is 8.42 Å². The lowest BCUT2D eigenvalue weighted by Gasteiger charge is -2.01. The van der Waals surface area contributed by atoms with Crippen molar-refractivity contribution in [2.24, 2.45) is 0 Å². The van der Waals surface area contributed by atoms with Crippen LogP contribution in [-0.2, 0) is 9.84 Å². The summed E-state index contributed by atoms with van der Waals surface area (Å²) in [6.07, 6.45) is 4.18. The number of rotatable bonds is 1. The summed E-state index contributed by atoms with van der Waals surface area (Å²) in [4.78, 5) is 8.26. The highest BCUT2D eigenvalue weighted by Crippen LogP contribution is 2.18. The van der Waals surface area contributed by atoms with E-state index in [0.717, 1.165) is 6.26 Å². The summed E-state index contributed by atoms with van der Waals surface area (Å²) in [6, 6.07) is 4.93. The van der Waals surface area contributed by atoms with Crippen LogP contribution in [0.15, 0.2) is 35.5 Å². The Hall–Kier alpha value is -1.49. The predicted molar refractivity (Wildman–Crippen MR) is 52.6 cm³/mol. The Morgan fingerprint density at radius 2 is 1.86 bits per heavy atom. The van der Waals surface area contributed by atoms with Gasteiger partial charge in [0.05, 0.1) is 10.4 Å². The third kappa shape index (κ3) is 1.46. The molecule has 5 heteroatoms. The fourth-order valence-corrected chi connectivity index (χ4v) is 2.10. The van der Waals surface area contributed by atoms with E-state index in [1.165, 1.54) is 18.5 Å². The molecule has 0 amide bonds. The first kappa shape index (κ1) is 9.08. The van der Waals surface area contributed by atoms with E-state index in [9.17, 15) is 8.42 Å². The van der Waals surface area contributed by atoms with Crippen molar-refractivity contribution in [3.8, 4) is 0 Å². The first-order valence-corrected chi connectivity index (χ1v) is 5.88. The second-order valence-electron chi connectivity index (χ2n) is 2.95. The zero-order valence-electron chi connectivity index (χ0n) is 7.51. The molecular formula is C9H8N2O2S. The second kappa shape index (κ2) is 3.02. The van der Waals surface area contributed by atoms with Crippen LogP contribution in [0.25, 0.3) is 11.0 Å². The molecule has 0 aliphatic heterocycles. The summed E-state index contributed by atoms with van der Waals surface area (Å²) in [7, 11) is -3.23. The van der Waals surface area contributed by atoms with Crippen LogP contribution in [0.3, 0.4) is 0 Å². The molecule has 2 rings (SSSR count). The number of hydrogen-bond donors (Lipinski definition) is 0. The summed E-state index contributed by atoms with van der Waals surface area (Å²) in [5, 5.41) is 0. The molecule has 0 unspecified atom stereocenters. The zero-order valence-corrected chi connectivity index (χ0v) is 8.32. The van der Waals surface area contributed by atoms with E-state index in [1.54, 1.807) is 12.1 Å². The van der Waals surface area contributed by atoms with Gasteiger partial charge in [-0.15, -0.1) is 0 Å².